The van der Waals surface area contributed by atoms with Gasteiger partial charge in [-0.25, -0.2) is 4.79 Å². The third kappa shape index (κ3) is 3.00. The smallest absolute Gasteiger partial charge is 0.342 e. The number of esters is 1. The summed E-state index contributed by atoms with van der Waals surface area (Å²) >= 11 is 6.06. The van der Waals surface area contributed by atoms with E-state index < -0.39 is 11.8 Å². The molecule has 0 radical (unpaired) electrons. The summed E-state index contributed by atoms with van der Waals surface area (Å²) in [5, 5.41) is 0.596. The molecule has 0 amide bonds. The molecule has 1 aliphatic heterocycles. The van der Waals surface area contributed by atoms with Crippen molar-refractivity contribution in [2.24, 2.45) is 0 Å². The van der Waals surface area contributed by atoms with Crippen LogP contribution in [0.5, 0.6) is 5.75 Å². The molecule has 3 aromatic rings. The summed E-state index contributed by atoms with van der Waals surface area (Å²) in [6.07, 6.45) is 2.45. The lowest BCUT2D eigenvalue weighted by atomic mass is 9.95. The summed E-state index contributed by atoms with van der Waals surface area (Å²) in [7, 11) is 0. The Morgan fingerprint density at radius 3 is 2.48 bits per heavy atom. The molecule has 1 atom stereocenters. The van der Waals surface area contributed by atoms with Gasteiger partial charge in [0.2, 0.25) is 0 Å². The Kier molecular flexibility index (Phi) is 4.46. The molecular weight excluding hydrogens is 360 g/mol. The maximum atomic E-state index is 12.6. The molecule has 4 rings (SSSR count). The number of allylic oxidation sites excluding steroid dienone is 1. The fourth-order valence-electron chi connectivity index (χ4n) is 3.29. The molecular formula is C23H17ClO3. The zero-order valence-electron chi connectivity index (χ0n) is 14.5. The van der Waals surface area contributed by atoms with Gasteiger partial charge in [0.05, 0.1) is 11.1 Å². The predicted octanol–water partition coefficient (Wildman–Crippen LogP) is 5.52. The third-order valence-corrected chi connectivity index (χ3v) is 4.80. The lowest BCUT2D eigenvalue weighted by molar-refractivity contribution is -0.109. The molecule has 0 spiro atoms. The van der Waals surface area contributed by atoms with E-state index in [4.69, 9.17) is 21.1 Å². The topological polar surface area (TPSA) is 35.5 Å². The number of ether oxygens (including phenoxy) is 2. The van der Waals surface area contributed by atoms with Crippen molar-refractivity contribution in [2.45, 2.75) is 12.2 Å². The standard InChI is InChI=1S/C23H17ClO3/c1-2-7-16-8-3-6-11-21(16)26-23(17-12-14-18(24)15-13-17)20-10-5-4-9-19(20)22(25)27-23/h2-6,8-15H,1,7H2. The molecule has 3 aromatic carbocycles. The molecule has 0 aromatic heterocycles. The van der Waals surface area contributed by atoms with Crippen molar-refractivity contribution in [3.8, 4) is 5.75 Å². The number of hydrogen-bond acceptors (Lipinski definition) is 3. The highest BCUT2D eigenvalue weighted by Gasteiger charge is 2.49. The van der Waals surface area contributed by atoms with Gasteiger partial charge >= 0.3 is 11.8 Å². The maximum absolute atomic E-state index is 12.6. The Bertz CT molecular complexity index is 1010. The summed E-state index contributed by atoms with van der Waals surface area (Å²) < 4.78 is 12.3. The quantitative estimate of drug-likeness (QED) is 0.434. The normalized spacial score (nSPS) is 17.9. The number of benzene rings is 3. The zero-order valence-corrected chi connectivity index (χ0v) is 15.3. The van der Waals surface area contributed by atoms with E-state index in [1.54, 1.807) is 18.2 Å². The van der Waals surface area contributed by atoms with E-state index in [1.807, 2.05) is 60.7 Å². The average Bonchev–Trinajstić information content (AvgIpc) is 2.97. The molecule has 1 heterocycles. The van der Waals surface area contributed by atoms with Crippen LogP contribution in [0.25, 0.3) is 0 Å². The number of carbonyl (C=O) groups excluding carboxylic acids is 1. The number of rotatable bonds is 5. The van der Waals surface area contributed by atoms with Gasteiger partial charge < -0.3 is 9.47 Å². The highest BCUT2D eigenvalue weighted by molar-refractivity contribution is 6.30. The van der Waals surface area contributed by atoms with Crippen LogP contribution >= 0.6 is 11.6 Å². The van der Waals surface area contributed by atoms with Crippen LogP contribution in [0.1, 0.15) is 27.0 Å². The zero-order chi connectivity index (χ0) is 18.9. The largest absolute Gasteiger partial charge is 0.444 e. The lowest BCUT2D eigenvalue weighted by Gasteiger charge is -2.31. The van der Waals surface area contributed by atoms with Crippen LogP contribution in [-0.2, 0) is 16.9 Å². The van der Waals surface area contributed by atoms with Gasteiger partial charge in [-0.15, -0.1) is 6.58 Å². The fraction of sp³-hybridized carbons (Fsp3) is 0.0870. The molecule has 0 saturated heterocycles. The molecule has 0 saturated carbocycles. The Balaban J connectivity index is 1.90. The third-order valence-electron chi connectivity index (χ3n) is 4.55. The highest BCUT2D eigenvalue weighted by atomic mass is 35.5. The number of cyclic esters (lactones) is 1. The predicted molar refractivity (Wildman–Crippen MR) is 105 cm³/mol. The molecule has 1 unspecified atom stereocenters. The lowest BCUT2D eigenvalue weighted by Crippen LogP contribution is -2.35. The molecule has 27 heavy (non-hydrogen) atoms. The van der Waals surface area contributed by atoms with Gasteiger partial charge in [-0.05, 0) is 54.4 Å². The van der Waals surface area contributed by atoms with Crippen molar-refractivity contribution in [3.05, 3.63) is 113 Å². The molecule has 0 bridgehead atoms. The second-order valence-corrected chi connectivity index (χ2v) is 6.70. The van der Waals surface area contributed by atoms with Crippen LogP contribution in [-0.4, -0.2) is 5.97 Å². The fourth-order valence-corrected chi connectivity index (χ4v) is 3.42. The summed E-state index contributed by atoms with van der Waals surface area (Å²) in [6.45, 7) is 3.81. The second kappa shape index (κ2) is 6.93. The number of para-hydroxylation sites is 1. The van der Waals surface area contributed by atoms with Crippen molar-refractivity contribution in [2.75, 3.05) is 0 Å². The maximum Gasteiger partial charge on any atom is 0.342 e. The number of hydrogen-bond donors (Lipinski definition) is 0. The summed E-state index contributed by atoms with van der Waals surface area (Å²) in [5.41, 5.74) is 2.82. The van der Waals surface area contributed by atoms with Crippen LogP contribution in [0.3, 0.4) is 0 Å². The first-order valence-corrected chi connectivity index (χ1v) is 8.98. The van der Waals surface area contributed by atoms with Gasteiger partial charge in [0.15, 0.2) is 0 Å². The molecule has 4 heteroatoms. The molecule has 3 nitrogen and oxygen atoms in total. The van der Waals surface area contributed by atoms with Gasteiger partial charge in [-0.1, -0.05) is 48.0 Å². The van der Waals surface area contributed by atoms with Gasteiger partial charge in [-0.2, -0.15) is 0 Å². The van der Waals surface area contributed by atoms with Crippen LogP contribution in [0.15, 0.2) is 85.5 Å². The van der Waals surface area contributed by atoms with Gasteiger partial charge in [0, 0.05) is 10.6 Å². The first kappa shape index (κ1) is 17.4. The summed E-state index contributed by atoms with van der Waals surface area (Å²) in [4.78, 5) is 12.6. The van der Waals surface area contributed by atoms with Gasteiger partial charge in [0.25, 0.3) is 0 Å². The Labute approximate surface area is 162 Å². The van der Waals surface area contributed by atoms with E-state index in [-0.39, 0.29) is 0 Å². The summed E-state index contributed by atoms with van der Waals surface area (Å²) in [6, 6.07) is 22.1. The van der Waals surface area contributed by atoms with E-state index in [1.165, 1.54) is 0 Å². The molecule has 134 valence electrons. The van der Waals surface area contributed by atoms with Crippen molar-refractivity contribution >= 4 is 17.6 Å². The minimum absolute atomic E-state index is 0.415. The highest BCUT2D eigenvalue weighted by Crippen LogP contribution is 2.44. The van der Waals surface area contributed by atoms with E-state index in [9.17, 15) is 4.79 Å². The Morgan fingerprint density at radius 1 is 1.00 bits per heavy atom. The van der Waals surface area contributed by atoms with Crippen molar-refractivity contribution in [1.82, 2.24) is 0 Å². The van der Waals surface area contributed by atoms with Crippen molar-refractivity contribution in [1.29, 1.82) is 0 Å². The van der Waals surface area contributed by atoms with E-state index >= 15 is 0 Å². The first-order chi connectivity index (χ1) is 13.1. The van der Waals surface area contributed by atoms with Crippen LogP contribution in [0.2, 0.25) is 5.02 Å². The number of carbonyl (C=O) groups is 1. The SMILES string of the molecule is C=CCc1ccccc1OC1(c2ccc(Cl)cc2)OC(=O)c2ccccc21. The van der Waals surface area contributed by atoms with Crippen LogP contribution in [0, 0.1) is 0 Å². The first-order valence-electron chi connectivity index (χ1n) is 8.61. The van der Waals surface area contributed by atoms with E-state index in [0.29, 0.717) is 33.9 Å². The molecule has 1 aliphatic rings. The Morgan fingerprint density at radius 2 is 1.70 bits per heavy atom. The number of fused-ring (bicyclic) bond motifs is 1. The van der Waals surface area contributed by atoms with Crippen molar-refractivity contribution < 1.29 is 14.3 Å². The minimum Gasteiger partial charge on any atom is -0.444 e. The molecule has 0 aliphatic carbocycles. The summed E-state index contributed by atoms with van der Waals surface area (Å²) in [5.74, 6) is -1.14. The molecule has 0 N–H and O–H groups in total. The van der Waals surface area contributed by atoms with Crippen LogP contribution in [0.4, 0.5) is 0 Å². The average molecular weight is 377 g/mol. The van der Waals surface area contributed by atoms with E-state index in [2.05, 4.69) is 6.58 Å². The van der Waals surface area contributed by atoms with Crippen molar-refractivity contribution in [3.63, 3.8) is 0 Å². The van der Waals surface area contributed by atoms with E-state index in [0.717, 1.165) is 5.56 Å². The van der Waals surface area contributed by atoms with Crippen LogP contribution < -0.4 is 4.74 Å². The monoisotopic (exact) mass is 376 g/mol. The number of halogens is 1. The molecule has 0 fully saturated rings. The Hall–Kier alpha value is -3.04. The second-order valence-electron chi connectivity index (χ2n) is 6.26. The van der Waals surface area contributed by atoms with Gasteiger partial charge in [0.1, 0.15) is 5.75 Å². The van der Waals surface area contributed by atoms with Gasteiger partial charge in [-0.3, -0.25) is 0 Å². The minimum atomic E-state index is -1.37.